The molecule has 3 aromatic rings. The minimum Gasteiger partial charge on any atom is -0.496 e. The van der Waals surface area contributed by atoms with E-state index in [-0.39, 0.29) is 16.4 Å². The monoisotopic (exact) mass is 518 g/mol. The molecule has 0 amide bonds. The molecule has 1 aliphatic heterocycles. The third kappa shape index (κ3) is 6.47. The zero-order valence-electron chi connectivity index (χ0n) is 21.6. The first kappa shape index (κ1) is 29.4. The second kappa shape index (κ2) is 14.0. The highest BCUT2D eigenvalue weighted by molar-refractivity contribution is 6.31. The molecule has 0 aliphatic carbocycles. The van der Waals surface area contributed by atoms with E-state index in [1.165, 1.54) is 12.4 Å². The number of halogens is 2. The van der Waals surface area contributed by atoms with E-state index in [1.54, 1.807) is 19.2 Å². The maximum atomic E-state index is 14.5. The van der Waals surface area contributed by atoms with Crippen molar-refractivity contribution in [1.82, 2.24) is 25.5 Å². The number of anilines is 2. The van der Waals surface area contributed by atoms with E-state index in [4.69, 9.17) is 21.1 Å². The first-order chi connectivity index (χ1) is 17.5. The van der Waals surface area contributed by atoms with Crippen LogP contribution < -0.4 is 20.7 Å². The van der Waals surface area contributed by atoms with Crippen molar-refractivity contribution in [3.8, 4) is 5.75 Å². The fourth-order valence-electron chi connectivity index (χ4n) is 4.30. The topological polar surface area (TPSA) is 91.4 Å². The largest absolute Gasteiger partial charge is 0.496 e. The molecule has 8 nitrogen and oxygen atoms in total. The van der Waals surface area contributed by atoms with Gasteiger partial charge in [-0.3, -0.25) is 4.90 Å². The predicted octanol–water partition coefficient (Wildman–Crippen LogP) is 4.75. The molecule has 0 spiro atoms. The van der Waals surface area contributed by atoms with E-state index >= 15 is 0 Å². The molecule has 0 bridgehead atoms. The Hall–Kier alpha value is -2.85. The van der Waals surface area contributed by atoms with Gasteiger partial charge < -0.3 is 25.5 Å². The summed E-state index contributed by atoms with van der Waals surface area (Å²) < 4.78 is 20.1. The Morgan fingerprint density at radius 3 is 2.67 bits per heavy atom. The van der Waals surface area contributed by atoms with Crippen molar-refractivity contribution in [2.75, 3.05) is 39.6 Å². The molecule has 0 saturated carbocycles. The Morgan fingerprint density at radius 1 is 1.28 bits per heavy atom. The summed E-state index contributed by atoms with van der Waals surface area (Å²) >= 11 is 5.94. The summed E-state index contributed by atoms with van der Waals surface area (Å²) in [6, 6.07) is 8.73. The van der Waals surface area contributed by atoms with E-state index in [0.717, 1.165) is 42.6 Å². The Labute approximate surface area is 217 Å². The molecule has 2 aromatic carbocycles. The third-order valence-corrected chi connectivity index (χ3v) is 6.50. The lowest BCUT2D eigenvalue weighted by Crippen LogP contribution is -2.63. The molecular formula is C26H36ClFN6O2. The van der Waals surface area contributed by atoms with Gasteiger partial charge in [-0.2, -0.15) is 0 Å². The molecule has 2 heterocycles. The summed E-state index contributed by atoms with van der Waals surface area (Å²) in [6.45, 7) is 8.55. The van der Waals surface area contributed by atoms with E-state index in [1.807, 2.05) is 39.8 Å². The van der Waals surface area contributed by atoms with Gasteiger partial charge in [0.1, 0.15) is 24.7 Å². The average molecular weight is 519 g/mol. The first-order valence-corrected chi connectivity index (χ1v) is 12.3. The molecule has 1 unspecified atom stereocenters. The van der Waals surface area contributed by atoms with Crippen molar-refractivity contribution in [3.05, 3.63) is 53.1 Å². The van der Waals surface area contributed by atoms with Gasteiger partial charge in [-0.15, -0.1) is 0 Å². The Kier molecular flexibility index (Phi) is 11.5. The number of carbonyl (C=O) groups is 1. The smallest absolute Gasteiger partial charge is 0.165 e. The molecular weight excluding hydrogens is 483 g/mol. The Bertz CT molecular complexity index is 1130. The van der Waals surface area contributed by atoms with Crippen LogP contribution in [0, 0.1) is 5.82 Å². The van der Waals surface area contributed by atoms with Gasteiger partial charge in [0.2, 0.25) is 0 Å². The van der Waals surface area contributed by atoms with Crippen LogP contribution in [0.25, 0.3) is 10.9 Å². The number of fused-ring (bicyclic) bond motifs is 1. The van der Waals surface area contributed by atoms with Crippen LogP contribution in [0.2, 0.25) is 5.02 Å². The molecule has 1 aliphatic rings. The minimum atomic E-state index is -0.518. The van der Waals surface area contributed by atoms with E-state index in [0.29, 0.717) is 17.9 Å². The summed E-state index contributed by atoms with van der Waals surface area (Å²) in [5, 5.41) is 10.9. The number of ether oxygens (including phenoxy) is 1. The van der Waals surface area contributed by atoms with Gasteiger partial charge in [0.05, 0.1) is 29.0 Å². The predicted molar refractivity (Wildman–Crippen MR) is 145 cm³/mol. The number of rotatable bonds is 7. The van der Waals surface area contributed by atoms with Crippen LogP contribution in [0.15, 0.2) is 36.7 Å². The van der Waals surface area contributed by atoms with Crippen molar-refractivity contribution < 1.29 is 13.9 Å². The van der Waals surface area contributed by atoms with Crippen molar-refractivity contribution in [1.29, 1.82) is 0 Å². The van der Waals surface area contributed by atoms with E-state index in [9.17, 15) is 4.39 Å². The normalized spacial score (nSPS) is 17.0. The summed E-state index contributed by atoms with van der Waals surface area (Å²) in [6.07, 6.45) is 3.60. The lowest BCUT2D eigenvalue weighted by molar-refractivity contribution is -0.0979. The fourth-order valence-corrected chi connectivity index (χ4v) is 4.47. The standard InChI is InChI=1S/C23H28ClFN6O.C2H6.CH2O/c1-26-23(8-5-9-27-13-23)31(2)12-15-10-16-19(11-20(15)32-3)28-14-29-22(16)30-18-7-4-6-17(24)21(18)25;2*1-2/h4,6-7,10-11,14,26-27H,5,8-9,12-13H2,1-3H3,(H,28,29,30);1-2H3;1H2. The Balaban J connectivity index is 0.00000109. The molecule has 196 valence electrons. The minimum absolute atomic E-state index is 0.0517. The second-order valence-electron chi connectivity index (χ2n) is 8.05. The lowest BCUT2D eigenvalue weighted by Gasteiger charge is -2.45. The van der Waals surface area contributed by atoms with Gasteiger partial charge in [-0.05, 0) is 51.7 Å². The van der Waals surface area contributed by atoms with Crippen molar-refractivity contribution in [2.24, 2.45) is 0 Å². The van der Waals surface area contributed by atoms with Crippen LogP contribution in [-0.4, -0.2) is 61.6 Å². The summed E-state index contributed by atoms with van der Waals surface area (Å²) in [5.74, 6) is 0.735. The molecule has 10 heteroatoms. The quantitative estimate of drug-likeness (QED) is 0.386. The molecule has 1 saturated heterocycles. The number of hydrogen-bond acceptors (Lipinski definition) is 8. The second-order valence-corrected chi connectivity index (χ2v) is 8.46. The molecule has 36 heavy (non-hydrogen) atoms. The summed E-state index contributed by atoms with van der Waals surface area (Å²) in [5.41, 5.74) is 1.81. The highest BCUT2D eigenvalue weighted by Gasteiger charge is 2.34. The van der Waals surface area contributed by atoms with E-state index < -0.39 is 5.82 Å². The molecule has 4 rings (SSSR count). The van der Waals surface area contributed by atoms with Gasteiger partial charge in [0, 0.05) is 30.1 Å². The summed E-state index contributed by atoms with van der Waals surface area (Å²) in [4.78, 5) is 19.0. The van der Waals surface area contributed by atoms with Gasteiger partial charge in [0.15, 0.2) is 5.82 Å². The number of nitrogens with one attached hydrogen (secondary N) is 3. The number of benzene rings is 2. The zero-order valence-corrected chi connectivity index (χ0v) is 22.4. The third-order valence-electron chi connectivity index (χ3n) is 6.21. The number of likely N-dealkylation sites (N-methyl/N-ethyl adjacent to an activating group) is 2. The molecule has 1 aromatic heterocycles. The molecule has 1 fully saturated rings. The average Bonchev–Trinajstić information content (AvgIpc) is 2.93. The fraction of sp³-hybridized carbons (Fsp3) is 0.423. The number of aromatic nitrogens is 2. The number of hydrogen-bond donors (Lipinski definition) is 3. The number of nitrogens with zero attached hydrogens (tertiary/aromatic N) is 3. The van der Waals surface area contributed by atoms with Crippen molar-refractivity contribution in [3.63, 3.8) is 0 Å². The SMILES string of the molecule is C=O.CC.CNC1(N(C)Cc2cc3c(Nc4cccc(Cl)c4F)ncnc3cc2OC)CCCNC1. The van der Waals surface area contributed by atoms with Crippen LogP contribution in [0.1, 0.15) is 32.3 Å². The van der Waals surface area contributed by atoms with Crippen LogP contribution in [0.3, 0.4) is 0 Å². The van der Waals surface area contributed by atoms with Crippen molar-refractivity contribution in [2.45, 2.75) is 38.9 Å². The highest BCUT2D eigenvalue weighted by Crippen LogP contribution is 2.33. The maximum absolute atomic E-state index is 14.5. The molecule has 0 radical (unpaired) electrons. The van der Waals surface area contributed by atoms with Crippen LogP contribution in [0.5, 0.6) is 5.75 Å². The number of carbonyl (C=O) groups excluding carboxylic acids is 1. The van der Waals surface area contributed by atoms with E-state index in [2.05, 4.69) is 37.9 Å². The van der Waals surface area contributed by atoms with Crippen molar-refractivity contribution >= 4 is 40.8 Å². The summed E-state index contributed by atoms with van der Waals surface area (Å²) in [7, 11) is 5.76. The number of piperidine rings is 1. The Morgan fingerprint density at radius 2 is 2.03 bits per heavy atom. The highest BCUT2D eigenvalue weighted by atomic mass is 35.5. The molecule has 1 atom stereocenters. The van der Waals surface area contributed by atoms with Gasteiger partial charge in [0.25, 0.3) is 0 Å². The van der Waals surface area contributed by atoms with Crippen LogP contribution >= 0.6 is 11.6 Å². The van der Waals surface area contributed by atoms with Crippen LogP contribution in [0.4, 0.5) is 15.9 Å². The zero-order chi connectivity index (χ0) is 26.7. The van der Waals surface area contributed by atoms with Gasteiger partial charge >= 0.3 is 0 Å². The number of methoxy groups -OCH3 is 1. The lowest BCUT2D eigenvalue weighted by atomic mass is 9.97. The first-order valence-electron chi connectivity index (χ1n) is 11.9. The maximum Gasteiger partial charge on any atom is 0.165 e. The van der Waals surface area contributed by atoms with Gasteiger partial charge in [-0.1, -0.05) is 31.5 Å². The van der Waals surface area contributed by atoms with Crippen LogP contribution in [-0.2, 0) is 11.3 Å². The van der Waals surface area contributed by atoms with Gasteiger partial charge in [-0.25, -0.2) is 14.4 Å². The molecule has 3 N–H and O–H groups in total.